The molecular formula is C33H25N5O5S. The van der Waals surface area contributed by atoms with E-state index in [1.807, 2.05) is 24.3 Å². The lowest BCUT2D eigenvalue weighted by Gasteiger charge is -2.18. The average molecular weight is 604 g/mol. The van der Waals surface area contributed by atoms with E-state index in [1.54, 1.807) is 36.7 Å². The molecule has 218 valence electrons. The van der Waals surface area contributed by atoms with E-state index in [-0.39, 0.29) is 22.5 Å². The zero-order valence-electron chi connectivity index (χ0n) is 23.1. The summed E-state index contributed by atoms with van der Waals surface area (Å²) >= 11 is 5.50. The number of phenolic OH excluding ortho intramolecular Hbond substituents is 1. The maximum absolute atomic E-state index is 12.5. The number of aromatic nitrogens is 2. The Hall–Kier alpha value is -5.65. The van der Waals surface area contributed by atoms with Crippen LogP contribution in [-0.4, -0.2) is 31.3 Å². The topological polar surface area (TPSA) is 164 Å². The molecule has 0 saturated carbocycles. The molecule has 44 heavy (non-hydrogen) atoms. The molecule has 0 amide bonds. The SMILES string of the molecule is NCc1ccnc(-c2cc(CNC(=S)Nc3ccc(-c4c5ccc(=O)cc-5oc5cc(O)ccc45)c(C(=O)O)c3)ccn2)c1. The highest BCUT2D eigenvalue weighted by atomic mass is 32.1. The van der Waals surface area contributed by atoms with Gasteiger partial charge in [0.25, 0.3) is 0 Å². The van der Waals surface area contributed by atoms with Crippen LogP contribution in [0.25, 0.3) is 44.8 Å². The summed E-state index contributed by atoms with van der Waals surface area (Å²) in [5.74, 6) is -0.901. The number of carboxylic acid groups (broad SMARTS) is 1. The van der Waals surface area contributed by atoms with Crippen molar-refractivity contribution in [2.24, 2.45) is 5.73 Å². The van der Waals surface area contributed by atoms with Crippen molar-refractivity contribution in [3.05, 3.63) is 118 Å². The molecule has 0 saturated heterocycles. The van der Waals surface area contributed by atoms with Gasteiger partial charge in [-0.25, -0.2) is 4.79 Å². The van der Waals surface area contributed by atoms with Crippen molar-refractivity contribution in [2.45, 2.75) is 13.1 Å². The first-order chi connectivity index (χ1) is 21.3. The molecule has 2 aliphatic rings. The maximum atomic E-state index is 12.5. The number of rotatable bonds is 7. The van der Waals surface area contributed by atoms with Crippen LogP contribution in [0.4, 0.5) is 5.69 Å². The number of hydrogen-bond acceptors (Lipinski definition) is 8. The average Bonchev–Trinajstić information content (AvgIpc) is 3.02. The first kappa shape index (κ1) is 28.5. The van der Waals surface area contributed by atoms with Gasteiger partial charge in [0.1, 0.15) is 17.1 Å². The molecule has 6 rings (SSSR count). The molecule has 0 radical (unpaired) electrons. The van der Waals surface area contributed by atoms with E-state index in [1.165, 1.54) is 30.3 Å². The van der Waals surface area contributed by atoms with Crippen molar-refractivity contribution in [1.82, 2.24) is 15.3 Å². The monoisotopic (exact) mass is 603 g/mol. The highest BCUT2D eigenvalue weighted by Crippen LogP contribution is 2.42. The van der Waals surface area contributed by atoms with Gasteiger partial charge in [-0.15, -0.1) is 0 Å². The van der Waals surface area contributed by atoms with Crippen molar-refractivity contribution in [3.8, 4) is 39.6 Å². The number of benzene rings is 3. The number of aromatic hydroxyl groups is 1. The number of carbonyl (C=O) groups is 1. The normalized spacial score (nSPS) is 11.0. The van der Waals surface area contributed by atoms with Gasteiger partial charge >= 0.3 is 5.97 Å². The van der Waals surface area contributed by atoms with E-state index < -0.39 is 5.97 Å². The fraction of sp³-hybridized carbons (Fsp3) is 0.0606. The standard InChI is InChI=1S/C33H25N5O5S/c34-16-18-7-9-35-27(11-18)28-12-19(8-10-36-28)17-37-33(44)38-20-1-4-23(26(13-20)32(41)42)31-24-5-2-21(39)14-29(24)43-30-15-22(40)3-6-25(30)31/h1-15,39H,16-17,34H2,(H,41,42)(H2,37,38,44). The number of fused-ring (bicyclic) bond motifs is 2. The van der Waals surface area contributed by atoms with Gasteiger partial charge in [0.05, 0.1) is 17.0 Å². The Morgan fingerprint density at radius 2 is 1.61 bits per heavy atom. The Bertz CT molecular complexity index is 2090. The lowest BCUT2D eigenvalue weighted by Crippen LogP contribution is -2.28. The van der Waals surface area contributed by atoms with E-state index >= 15 is 0 Å². The Kier molecular flexibility index (Phi) is 7.71. The van der Waals surface area contributed by atoms with Crippen LogP contribution < -0.4 is 21.8 Å². The summed E-state index contributed by atoms with van der Waals surface area (Å²) in [7, 11) is 0. The number of phenols is 1. The molecule has 6 N–H and O–H groups in total. The minimum Gasteiger partial charge on any atom is -0.508 e. The second kappa shape index (κ2) is 11.9. The van der Waals surface area contributed by atoms with Crippen molar-refractivity contribution >= 4 is 40.0 Å². The highest BCUT2D eigenvalue weighted by Gasteiger charge is 2.22. The quantitative estimate of drug-likeness (QED) is 0.118. The molecule has 3 heterocycles. The molecule has 0 fully saturated rings. The van der Waals surface area contributed by atoms with Crippen LogP contribution in [0.1, 0.15) is 21.5 Å². The van der Waals surface area contributed by atoms with Gasteiger partial charge in [-0.05, 0) is 89.6 Å². The summed E-state index contributed by atoms with van der Waals surface area (Å²) in [6.07, 6.45) is 3.39. The van der Waals surface area contributed by atoms with E-state index in [4.69, 9.17) is 22.4 Å². The Labute approximate surface area is 256 Å². The van der Waals surface area contributed by atoms with Gasteiger partial charge in [0.15, 0.2) is 10.5 Å². The van der Waals surface area contributed by atoms with Gasteiger partial charge < -0.3 is 31.0 Å². The summed E-state index contributed by atoms with van der Waals surface area (Å²) in [6, 6.07) is 21.3. The van der Waals surface area contributed by atoms with E-state index in [0.29, 0.717) is 57.2 Å². The Morgan fingerprint density at radius 1 is 0.886 bits per heavy atom. The minimum atomic E-state index is -1.15. The smallest absolute Gasteiger partial charge is 0.336 e. The number of hydrogen-bond donors (Lipinski definition) is 5. The third-order valence-corrected chi connectivity index (χ3v) is 7.30. The fourth-order valence-corrected chi connectivity index (χ4v) is 5.18. The van der Waals surface area contributed by atoms with Crippen LogP contribution in [0.5, 0.6) is 5.75 Å². The zero-order valence-corrected chi connectivity index (χ0v) is 23.9. The first-order valence-corrected chi connectivity index (χ1v) is 13.9. The second-order valence-corrected chi connectivity index (χ2v) is 10.4. The third-order valence-electron chi connectivity index (χ3n) is 7.05. The van der Waals surface area contributed by atoms with Crippen LogP contribution in [0, 0.1) is 0 Å². The van der Waals surface area contributed by atoms with Crippen molar-refractivity contribution in [3.63, 3.8) is 0 Å². The van der Waals surface area contributed by atoms with Gasteiger partial charge in [-0.1, -0.05) is 6.07 Å². The second-order valence-electron chi connectivity index (χ2n) is 9.99. The van der Waals surface area contributed by atoms with E-state index in [2.05, 4.69) is 20.6 Å². The lowest BCUT2D eigenvalue weighted by atomic mass is 9.90. The summed E-state index contributed by atoms with van der Waals surface area (Å²) in [5, 5.41) is 27.3. The molecule has 0 bridgehead atoms. The lowest BCUT2D eigenvalue weighted by molar-refractivity contribution is 0.0697. The fourth-order valence-electron chi connectivity index (χ4n) is 4.99. The van der Waals surface area contributed by atoms with Crippen molar-refractivity contribution < 1.29 is 19.4 Å². The van der Waals surface area contributed by atoms with Crippen LogP contribution in [0.3, 0.4) is 0 Å². The van der Waals surface area contributed by atoms with Crippen LogP contribution in [-0.2, 0) is 13.1 Å². The summed E-state index contributed by atoms with van der Waals surface area (Å²) < 4.78 is 5.90. The maximum Gasteiger partial charge on any atom is 0.336 e. The molecule has 2 aromatic heterocycles. The van der Waals surface area contributed by atoms with Gasteiger partial charge in [-0.3, -0.25) is 14.8 Å². The zero-order chi connectivity index (χ0) is 30.8. The molecule has 0 spiro atoms. The van der Waals surface area contributed by atoms with Crippen molar-refractivity contribution in [2.75, 3.05) is 5.32 Å². The van der Waals surface area contributed by atoms with Gasteiger partial charge in [-0.2, -0.15) is 0 Å². The van der Waals surface area contributed by atoms with E-state index in [9.17, 15) is 19.8 Å². The number of nitrogens with one attached hydrogen (secondary N) is 2. The number of carboxylic acids is 1. The largest absolute Gasteiger partial charge is 0.508 e. The number of aromatic carboxylic acids is 1. The van der Waals surface area contributed by atoms with E-state index in [0.717, 1.165) is 16.8 Å². The van der Waals surface area contributed by atoms with Gasteiger partial charge in [0.2, 0.25) is 0 Å². The Balaban J connectivity index is 1.27. The predicted molar refractivity (Wildman–Crippen MR) is 172 cm³/mol. The number of nitrogens with two attached hydrogens (primary N) is 1. The third kappa shape index (κ3) is 5.82. The molecule has 4 aromatic rings. The molecular weight excluding hydrogens is 578 g/mol. The highest BCUT2D eigenvalue weighted by molar-refractivity contribution is 7.80. The van der Waals surface area contributed by atoms with Crippen LogP contribution in [0.2, 0.25) is 0 Å². The molecule has 10 nitrogen and oxygen atoms in total. The van der Waals surface area contributed by atoms with Gasteiger partial charge in [0, 0.05) is 59.8 Å². The minimum absolute atomic E-state index is 0.0110. The summed E-state index contributed by atoms with van der Waals surface area (Å²) in [5.41, 5.74) is 11.1. The summed E-state index contributed by atoms with van der Waals surface area (Å²) in [4.78, 5) is 33.4. The molecule has 11 heteroatoms. The molecule has 0 unspecified atom stereocenters. The Morgan fingerprint density at radius 3 is 2.36 bits per heavy atom. The van der Waals surface area contributed by atoms with Crippen LogP contribution in [0.15, 0.2) is 100 Å². The number of thiocarbonyl (C=S) groups is 1. The molecule has 0 atom stereocenters. The van der Waals surface area contributed by atoms with Crippen LogP contribution >= 0.6 is 12.2 Å². The molecule has 1 aliphatic carbocycles. The first-order valence-electron chi connectivity index (χ1n) is 13.5. The summed E-state index contributed by atoms with van der Waals surface area (Å²) in [6.45, 7) is 0.796. The number of pyridine rings is 2. The molecule has 2 aromatic carbocycles. The molecule has 1 aliphatic heterocycles. The number of anilines is 1. The predicted octanol–water partition coefficient (Wildman–Crippen LogP) is 5.37. The van der Waals surface area contributed by atoms with Crippen molar-refractivity contribution in [1.29, 1.82) is 0 Å². The number of nitrogens with zero attached hydrogens (tertiary/aromatic N) is 2.